The van der Waals surface area contributed by atoms with Crippen molar-refractivity contribution < 1.29 is 4.79 Å². The van der Waals surface area contributed by atoms with E-state index in [1.54, 1.807) is 18.2 Å². The number of carbonyl (C=O) groups is 1. The molecule has 0 fully saturated rings. The zero-order valence-electron chi connectivity index (χ0n) is 8.68. The second-order valence-electron chi connectivity index (χ2n) is 3.43. The molecule has 0 radical (unpaired) electrons. The van der Waals surface area contributed by atoms with E-state index in [2.05, 4.69) is 5.32 Å². The molecule has 0 aliphatic carbocycles. The van der Waals surface area contributed by atoms with Crippen LogP contribution < -0.4 is 5.32 Å². The smallest absolute Gasteiger partial charge is 0.227 e. The molecular formula is C11H13Cl2NO. The molecule has 2 nitrogen and oxygen atoms in total. The van der Waals surface area contributed by atoms with E-state index in [1.807, 2.05) is 13.8 Å². The quantitative estimate of drug-likeness (QED) is 0.858. The molecule has 0 bridgehead atoms. The van der Waals surface area contributed by atoms with Crippen molar-refractivity contribution >= 4 is 34.8 Å². The third-order valence-electron chi connectivity index (χ3n) is 2.25. The molecule has 0 aromatic heterocycles. The summed E-state index contributed by atoms with van der Waals surface area (Å²) in [6, 6.07) is 5.04. The Kier molecular flexibility index (Phi) is 4.43. The number of carbonyl (C=O) groups excluding carboxylic acids is 1. The highest BCUT2D eigenvalue weighted by atomic mass is 35.5. The Balaban J connectivity index is 2.73. The minimum atomic E-state index is -0.00381. The Labute approximate surface area is 99.6 Å². The molecule has 0 heterocycles. The van der Waals surface area contributed by atoms with Crippen molar-refractivity contribution in [2.45, 2.75) is 20.3 Å². The van der Waals surface area contributed by atoms with Gasteiger partial charge in [-0.1, -0.05) is 37.0 Å². The molecule has 0 spiro atoms. The van der Waals surface area contributed by atoms with Gasteiger partial charge < -0.3 is 5.32 Å². The second-order valence-corrected chi connectivity index (χ2v) is 4.24. The molecule has 1 aromatic carbocycles. The summed E-state index contributed by atoms with van der Waals surface area (Å²) in [5, 5.41) is 3.71. The molecule has 0 saturated heterocycles. The summed E-state index contributed by atoms with van der Waals surface area (Å²) in [4.78, 5) is 11.6. The van der Waals surface area contributed by atoms with Crippen molar-refractivity contribution in [3.63, 3.8) is 0 Å². The van der Waals surface area contributed by atoms with E-state index in [9.17, 15) is 4.79 Å². The molecule has 1 atom stereocenters. The lowest BCUT2D eigenvalue weighted by atomic mass is 10.1. The van der Waals surface area contributed by atoms with Crippen LogP contribution in [0, 0.1) is 5.92 Å². The Morgan fingerprint density at radius 2 is 2.07 bits per heavy atom. The number of rotatable bonds is 3. The van der Waals surface area contributed by atoms with E-state index in [4.69, 9.17) is 23.2 Å². The van der Waals surface area contributed by atoms with Gasteiger partial charge in [0.2, 0.25) is 5.91 Å². The predicted octanol–water partition coefficient (Wildman–Crippen LogP) is 3.98. The maximum absolute atomic E-state index is 11.6. The van der Waals surface area contributed by atoms with Crippen LogP contribution in [0.15, 0.2) is 18.2 Å². The first kappa shape index (κ1) is 12.3. The van der Waals surface area contributed by atoms with Gasteiger partial charge >= 0.3 is 0 Å². The molecule has 82 valence electrons. The minimum absolute atomic E-state index is 0.000506. The third kappa shape index (κ3) is 3.40. The third-order valence-corrected chi connectivity index (χ3v) is 2.99. The van der Waals surface area contributed by atoms with Crippen LogP contribution >= 0.6 is 23.2 Å². The van der Waals surface area contributed by atoms with Gasteiger partial charge in [-0.15, -0.1) is 0 Å². The molecule has 1 amide bonds. The fraction of sp³-hybridized carbons (Fsp3) is 0.364. The first-order valence-electron chi connectivity index (χ1n) is 4.80. The lowest BCUT2D eigenvalue weighted by molar-refractivity contribution is -0.119. The van der Waals surface area contributed by atoms with Crippen LogP contribution in [0.1, 0.15) is 20.3 Å². The summed E-state index contributed by atoms with van der Waals surface area (Å²) >= 11 is 11.6. The topological polar surface area (TPSA) is 29.1 Å². The van der Waals surface area contributed by atoms with Gasteiger partial charge in [0.25, 0.3) is 0 Å². The number of benzene rings is 1. The first-order chi connectivity index (χ1) is 7.04. The van der Waals surface area contributed by atoms with Crippen molar-refractivity contribution in [2.24, 2.45) is 5.92 Å². The summed E-state index contributed by atoms with van der Waals surface area (Å²) in [5.74, 6) is -0.00431. The molecule has 15 heavy (non-hydrogen) atoms. The van der Waals surface area contributed by atoms with Crippen LogP contribution in [-0.4, -0.2) is 5.91 Å². The van der Waals surface area contributed by atoms with E-state index in [-0.39, 0.29) is 11.8 Å². The molecule has 0 aliphatic heterocycles. The predicted molar refractivity (Wildman–Crippen MR) is 64.5 cm³/mol. The first-order valence-corrected chi connectivity index (χ1v) is 5.56. The zero-order valence-corrected chi connectivity index (χ0v) is 10.2. The summed E-state index contributed by atoms with van der Waals surface area (Å²) in [6.45, 7) is 3.85. The molecular weight excluding hydrogens is 233 g/mol. The number of hydrogen-bond donors (Lipinski definition) is 1. The molecule has 0 aliphatic rings. The number of anilines is 1. The summed E-state index contributed by atoms with van der Waals surface area (Å²) in [5.41, 5.74) is 0.676. The number of amides is 1. The van der Waals surface area contributed by atoms with Gasteiger partial charge in [0.15, 0.2) is 0 Å². The van der Waals surface area contributed by atoms with Crippen molar-refractivity contribution in [1.82, 2.24) is 0 Å². The molecule has 1 aromatic rings. The van der Waals surface area contributed by atoms with E-state index in [0.717, 1.165) is 6.42 Å². The average Bonchev–Trinajstić information content (AvgIpc) is 2.22. The van der Waals surface area contributed by atoms with Crippen molar-refractivity contribution in [2.75, 3.05) is 5.32 Å². The van der Waals surface area contributed by atoms with Gasteiger partial charge in [0.05, 0.1) is 10.0 Å². The van der Waals surface area contributed by atoms with Crippen LogP contribution in [0.25, 0.3) is 0 Å². The zero-order chi connectivity index (χ0) is 11.4. The lowest BCUT2D eigenvalue weighted by Crippen LogP contribution is -2.19. The highest BCUT2D eigenvalue weighted by Crippen LogP contribution is 2.25. The van der Waals surface area contributed by atoms with Crippen LogP contribution in [0.2, 0.25) is 10.0 Å². The van der Waals surface area contributed by atoms with E-state index in [1.165, 1.54) is 0 Å². The molecule has 1 unspecified atom stereocenters. The van der Waals surface area contributed by atoms with Crippen LogP contribution in [0.3, 0.4) is 0 Å². The maximum Gasteiger partial charge on any atom is 0.227 e. The average molecular weight is 246 g/mol. The Hall–Kier alpha value is -0.730. The Bertz CT molecular complexity index is 366. The van der Waals surface area contributed by atoms with Crippen LogP contribution in [0.4, 0.5) is 5.69 Å². The summed E-state index contributed by atoms with van der Waals surface area (Å²) in [6.07, 6.45) is 0.813. The van der Waals surface area contributed by atoms with E-state index >= 15 is 0 Å². The largest absolute Gasteiger partial charge is 0.326 e. The van der Waals surface area contributed by atoms with Gasteiger partial charge in [-0.25, -0.2) is 0 Å². The minimum Gasteiger partial charge on any atom is -0.326 e. The molecule has 1 rings (SSSR count). The van der Waals surface area contributed by atoms with Gasteiger partial charge in [-0.05, 0) is 24.6 Å². The lowest BCUT2D eigenvalue weighted by Gasteiger charge is -2.10. The second kappa shape index (κ2) is 5.38. The Morgan fingerprint density at radius 3 is 2.60 bits per heavy atom. The number of halogens is 2. The summed E-state index contributed by atoms with van der Waals surface area (Å²) in [7, 11) is 0. The number of nitrogens with one attached hydrogen (secondary N) is 1. The SMILES string of the molecule is CCC(C)C(=O)Nc1ccc(Cl)c(Cl)c1. The molecule has 1 N–H and O–H groups in total. The van der Waals surface area contributed by atoms with Crippen molar-refractivity contribution in [3.8, 4) is 0 Å². The van der Waals surface area contributed by atoms with Gasteiger partial charge in [0, 0.05) is 11.6 Å². The highest BCUT2D eigenvalue weighted by Gasteiger charge is 2.10. The van der Waals surface area contributed by atoms with Crippen LogP contribution in [0.5, 0.6) is 0 Å². The van der Waals surface area contributed by atoms with E-state index < -0.39 is 0 Å². The van der Waals surface area contributed by atoms with Crippen molar-refractivity contribution in [1.29, 1.82) is 0 Å². The van der Waals surface area contributed by atoms with E-state index in [0.29, 0.717) is 15.7 Å². The summed E-state index contributed by atoms with van der Waals surface area (Å²) < 4.78 is 0. The van der Waals surface area contributed by atoms with Crippen molar-refractivity contribution in [3.05, 3.63) is 28.2 Å². The molecule has 4 heteroatoms. The monoisotopic (exact) mass is 245 g/mol. The van der Waals surface area contributed by atoms with Gasteiger partial charge in [-0.3, -0.25) is 4.79 Å². The highest BCUT2D eigenvalue weighted by molar-refractivity contribution is 6.42. The van der Waals surface area contributed by atoms with Gasteiger partial charge in [-0.2, -0.15) is 0 Å². The normalized spacial score (nSPS) is 12.3. The van der Waals surface area contributed by atoms with Gasteiger partial charge in [0.1, 0.15) is 0 Å². The maximum atomic E-state index is 11.6. The molecule has 0 saturated carbocycles. The fourth-order valence-electron chi connectivity index (χ4n) is 1.02. The standard InChI is InChI=1S/C11H13Cl2NO/c1-3-7(2)11(15)14-8-4-5-9(12)10(13)6-8/h4-7H,3H2,1-2H3,(H,14,15). The Morgan fingerprint density at radius 1 is 1.40 bits per heavy atom. The number of hydrogen-bond acceptors (Lipinski definition) is 1. The fourth-order valence-corrected chi connectivity index (χ4v) is 1.32. The van der Waals surface area contributed by atoms with Crippen LogP contribution in [-0.2, 0) is 4.79 Å².